The number of halogens is 1. The monoisotopic (exact) mass is 268 g/mol. The molecule has 0 radical (unpaired) electrons. The molecule has 0 bridgehead atoms. The third-order valence-electron chi connectivity index (χ3n) is 1.85. The molecule has 76 valence electrons. The Labute approximate surface area is 92.0 Å². The van der Waals surface area contributed by atoms with Gasteiger partial charge in [-0.15, -0.1) is 0 Å². The summed E-state index contributed by atoms with van der Waals surface area (Å²) in [5.41, 5.74) is 0.253. The molecular weight excluding hydrogens is 264 g/mol. The Balaban J connectivity index is 2.73. The Kier molecular flexibility index (Phi) is 2.46. The first kappa shape index (κ1) is 9.78. The molecule has 1 aromatic heterocycles. The molecule has 6 nitrogen and oxygen atoms in total. The van der Waals surface area contributed by atoms with Crippen LogP contribution in [0.15, 0.2) is 27.5 Å². The van der Waals surface area contributed by atoms with Crippen LogP contribution >= 0.6 is 15.9 Å². The molecule has 0 saturated heterocycles. The first-order valence-corrected chi connectivity index (χ1v) is 4.78. The second kappa shape index (κ2) is 3.77. The summed E-state index contributed by atoms with van der Waals surface area (Å²) >= 11 is 3.21. The molecule has 1 aromatic carbocycles. The lowest BCUT2D eigenvalue weighted by atomic mass is 10.2. The molecule has 0 aliphatic heterocycles. The molecule has 0 fully saturated rings. The average Bonchev–Trinajstić information content (AvgIpc) is 2.64. The number of aldehydes is 1. The maximum atomic E-state index is 11.3. The van der Waals surface area contributed by atoms with Crippen molar-refractivity contribution < 1.29 is 4.79 Å². The van der Waals surface area contributed by atoms with Gasteiger partial charge in [0.15, 0.2) is 6.29 Å². The maximum Gasteiger partial charge on any atom is 0.365 e. The first-order chi connectivity index (χ1) is 7.24. The van der Waals surface area contributed by atoms with Gasteiger partial charge in [0.1, 0.15) is 0 Å². The Hall–Kier alpha value is -1.76. The van der Waals surface area contributed by atoms with Gasteiger partial charge < -0.3 is 0 Å². The highest BCUT2D eigenvalue weighted by Gasteiger charge is 2.10. The molecule has 7 heteroatoms. The van der Waals surface area contributed by atoms with Crippen molar-refractivity contribution in [2.24, 2.45) is 0 Å². The largest absolute Gasteiger partial charge is 0.365 e. The molecule has 0 aliphatic rings. The summed E-state index contributed by atoms with van der Waals surface area (Å²) in [6.45, 7) is 0. The number of nitrogens with one attached hydrogen (secondary N) is 1. The topological polar surface area (TPSA) is 80.6 Å². The van der Waals surface area contributed by atoms with Crippen LogP contribution in [0.25, 0.3) is 5.69 Å². The number of carbonyl (C=O) groups is 1. The van der Waals surface area contributed by atoms with Gasteiger partial charge >= 0.3 is 5.69 Å². The molecule has 0 unspecified atom stereocenters. The summed E-state index contributed by atoms with van der Waals surface area (Å²) in [5, 5.41) is 9.05. The van der Waals surface area contributed by atoms with Crippen LogP contribution in [0.2, 0.25) is 0 Å². The number of aromatic nitrogens is 4. The molecule has 15 heavy (non-hydrogen) atoms. The van der Waals surface area contributed by atoms with Crippen LogP contribution in [-0.4, -0.2) is 26.5 Å². The van der Waals surface area contributed by atoms with Gasteiger partial charge in [0.25, 0.3) is 0 Å². The number of rotatable bonds is 2. The summed E-state index contributed by atoms with van der Waals surface area (Å²) in [5.74, 6) is 0. The Morgan fingerprint density at radius 2 is 2.27 bits per heavy atom. The molecule has 0 amide bonds. The van der Waals surface area contributed by atoms with Gasteiger partial charge in [-0.25, -0.2) is 9.89 Å². The SMILES string of the molecule is O=Cc1c(Br)cccc1-n1nn[nH]c1=O. The summed E-state index contributed by atoms with van der Waals surface area (Å²) in [6, 6.07) is 5.02. The number of hydrogen-bond acceptors (Lipinski definition) is 4. The molecule has 2 aromatic rings. The lowest BCUT2D eigenvalue weighted by Crippen LogP contribution is -2.17. The molecule has 0 aliphatic carbocycles. The van der Waals surface area contributed by atoms with Gasteiger partial charge in [0.2, 0.25) is 0 Å². The zero-order chi connectivity index (χ0) is 10.8. The van der Waals surface area contributed by atoms with Gasteiger partial charge in [-0.05, 0) is 38.5 Å². The van der Waals surface area contributed by atoms with E-state index in [1.165, 1.54) is 0 Å². The fourth-order valence-electron chi connectivity index (χ4n) is 1.18. The van der Waals surface area contributed by atoms with E-state index in [0.29, 0.717) is 22.0 Å². The third kappa shape index (κ3) is 1.61. The molecule has 1 heterocycles. The predicted octanol–water partition coefficient (Wildman–Crippen LogP) is 0.531. The number of hydrogen-bond donors (Lipinski definition) is 1. The van der Waals surface area contributed by atoms with Crippen LogP contribution in [-0.2, 0) is 0 Å². The van der Waals surface area contributed by atoms with Gasteiger partial charge in [0.05, 0.1) is 11.3 Å². The third-order valence-corrected chi connectivity index (χ3v) is 2.54. The van der Waals surface area contributed by atoms with Crippen LogP contribution < -0.4 is 5.69 Å². The second-order valence-electron chi connectivity index (χ2n) is 2.71. The number of carbonyl (C=O) groups excluding carboxylic acids is 1. The number of nitrogens with zero attached hydrogens (tertiary/aromatic N) is 3. The van der Waals surface area contributed by atoms with Crippen molar-refractivity contribution in [1.29, 1.82) is 0 Å². The summed E-state index contributed by atoms with van der Waals surface area (Å²) < 4.78 is 1.62. The van der Waals surface area contributed by atoms with Crippen LogP contribution in [0.5, 0.6) is 0 Å². The average molecular weight is 269 g/mol. The van der Waals surface area contributed by atoms with E-state index in [-0.39, 0.29) is 0 Å². The Bertz CT molecular complexity index is 560. The fourth-order valence-corrected chi connectivity index (χ4v) is 1.63. The smallest absolute Gasteiger partial charge is 0.298 e. The number of aromatic amines is 1. The van der Waals surface area contributed by atoms with E-state index < -0.39 is 5.69 Å². The zero-order valence-corrected chi connectivity index (χ0v) is 8.93. The van der Waals surface area contributed by atoms with Crippen molar-refractivity contribution in [2.75, 3.05) is 0 Å². The van der Waals surface area contributed by atoms with Crippen LogP contribution in [0.3, 0.4) is 0 Å². The Morgan fingerprint density at radius 1 is 1.47 bits per heavy atom. The molecule has 0 spiro atoms. The fraction of sp³-hybridized carbons (Fsp3) is 0. The normalized spacial score (nSPS) is 10.2. The summed E-state index contributed by atoms with van der Waals surface area (Å²) in [6.07, 6.45) is 0.653. The van der Waals surface area contributed by atoms with Crippen molar-refractivity contribution >= 4 is 22.2 Å². The number of tetrazole rings is 1. The number of benzene rings is 1. The highest BCUT2D eigenvalue weighted by atomic mass is 79.9. The first-order valence-electron chi connectivity index (χ1n) is 3.98. The zero-order valence-electron chi connectivity index (χ0n) is 7.35. The van der Waals surface area contributed by atoms with Crippen LogP contribution in [0.1, 0.15) is 10.4 Å². The molecule has 1 N–H and O–H groups in total. The standard InChI is InChI=1S/C8H5BrN4O2/c9-6-2-1-3-7(5(6)4-14)13-8(15)10-11-12-13/h1-4H,(H,10,12,15). The van der Waals surface area contributed by atoms with Gasteiger partial charge in [0, 0.05) is 4.47 Å². The molecular formula is C8H5BrN4O2. The number of H-pyrrole nitrogens is 1. The van der Waals surface area contributed by atoms with Crippen molar-refractivity contribution in [2.45, 2.75) is 0 Å². The van der Waals surface area contributed by atoms with Gasteiger partial charge in [-0.2, -0.15) is 4.68 Å². The second-order valence-corrected chi connectivity index (χ2v) is 3.56. The summed E-state index contributed by atoms with van der Waals surface area (Å²) in [7, 11) is 0. The lowest BCUT2D eigenvalue weighted by Gasteiger charge is -2.03. The van der Waals surface area contributed by atoms with Gasteiger partial charge in [-0.3, -0.25) is 4.79 Å². The van der Waals surface area contributed by atoms with E-state index in [0.717, 1.165) is 4.68 Å². The minimum absolute atomic E-state index is 0.355. The Morgan fingerprint density at radius 3 is 2.87 bits per heavy atom. The highest BCUT2D eigenvalue weighted by Crippen LogP contribution is 2.20. The quantitative estimate of drug-likeness (QED) is 0.806. The highest BCUT2D eigenvalue weighted by molar-refractivity contribution is 9.10. The van der Waals surface area contributed by atoms with E-state index in [9.17, 15) is 9.59 Å². The lowest BCUT2D eigenvalue weighted by molar-refractivity contribution is 0.112. The van der Waals surface area contributed by atoms with E-state index in [1.54, 1.807) is 18.2 Å². The summed E-state index contributed by atoms with van der Waals surface area (Å²) in [4.78, 5) is 22.1. The molecule has 0 atom stereocenters. The minimum Gasteiger partial charge on any atom is -0.298 e. The molecule has 2 rings (SSSR count). The van der Waals surface area contributed by atoms with E-state index >= 15 is 0 Å². The van der Waals surface area contributed by atoms with Crippen molar-refractivity contribution in [3.63, 3.8) is 0 Å². The van der Waals surface area contributed by atoms with Crippen molar-refractivity contribution in [3.8, 4) is 5.69 Å². The van der Waals surface area contributed by atoms with E-state index in [4.69, 9.17) is 0 Å². The predicted molar refractivity (Wildman–Crippen MR) is 55.1 cm³/mol. The van der Waals surface area contributed by atoms with Crippen LogP contribution in [0.4, 0.5) is 0 Å². The maximum absolute atomic E-state index is 11.3. The van der Waals surface area contributed by atoms with Crippen molar-refractivity contribution in [3.05, 3.63) is 38.7 Å². The van der Waals surface area contributed by atoms with E-state index in [2.05, 4.69) is 31.5 Å². The van der Waals surface area contributed by atoms with E-state index in [1.807, 2.05) is 0 Å². The molecule has 0 saturated carbocycles. The van der Waals surface area contributed by atoms with Crippen molar-refractivity contribution in [1.82, 2.24) is 20.2 Å². The minimum atomic E-state index is -0.490. The van der Waals surface area contributed by atoms with Gasteiger partial charge in [-0.1, -0.05) is 6.07 Å². The van der Waals surface area contributed by atoms with Crippen LogP contribution in [0, 0.1) is 0 Å².